The topological polar surface area (TPSA) is 94.0 Å². The third-order valence-electron chi connectivity index (χ3n) is 2.87. The molecule has 0 aromatic carbocycles. The molecule has 0 saturated heterocycles. The zero-order valence-corrected chi connectivity index (χ0v) is 11.4. The number of carboxylic acid groups (broad SMARTS) is 1. The van der Waals surface area contributed by atoms with Crippen LogP contribution in [0.3, 0.4) is 0 Å². The van der Waals surface area contributed by atoms with Crippen molar-refractivity contribution >= 4 is 5.97 Å². The number of rotatable bonds is 3. The molecule has 3 heterocycles. The number of aryl methyl sites for hydroxylation is 2. The second kappa shape index (κ2) is 4.86. The van der Waals surface area contributed by atoms with Crippen LogP contribution in [0, 0.1) is 13.8 Å². The van der Waals surface area contributed by atoms with Gasteiger partial charge in [0.2, 0.25) is 0 Å². The zero-order valence-electron chi connectivity index (χ0n) is 11.4. The minimum absolute atomic E-state index is 0.0349. The van der Waals surface area contributed by atoms with Gasteiger partial charge in [-0.25, -0.2) is 19.4 Å². The van der Waals surface area contributed by atoms with Crippen LogP contribution in [0.5, 0.6) is 0 Å². The SMILES string of the molecule is Cc1cc(C)nc(-n2cc(C(=O)O)c(-c3ccco3)n2)n1. The molecule has 0 atom stereocenters. The molecule has 0 saturated carbocycles. The first-order valence-electron chi connectivity index (χ1n) is 6.24. The van der Waals surface area contributed by atoms with E-state index in [1.807, 2.05) is 19.9 Å². The fourth-order valence-corrected chi connectivity index (χ4v) is 2.04. The van der Waals surface area contributed by atoms with Crippen molar-refractivity contribution in [2.45, 2.75) is 13.8 Å². The first kappa shape index (κ1) is 13.0. The predicted octanol–water partition coefficient (Wildman–Crippen LogP) is 2.24. The lowest BCUT2D eigenvalue weighted by atomic mass is 10.2. The lowest BCUT2D eigenvalue weighted by Gasteiger charge is -2.02. The summed E-state index contributed by atoms with van der Waals surface area (Å²) in [5.74, 6) is -0.375. The van der Waals surface area contributed by atoms with E-state index in [2.05, 4.69) is 15.1 Å². The van der Waals surface area contributed by atoms with Gasteiger partial charge in [-0.2, -0.15) is 5.10 Å². The van der Waals surface area contributed by atoms with Crippen LogP contribution in [0.2, 0.25) is 0 Å². The van der Waals surface area contributed by atoms with E-state index in [1.165, 1.54) is 17.1 Å². The molecular weight excluding hydrogens is 272 g/mol. The highest BCUT2D eigenvalue weighted by molar-refractivity contribution is 5.93. The summed E-state index contributed by atoms with van der Waals surface area (Å²) < 4.78 is 6.58. The Morgan fingerprint density at radius 2 is 2.00 bits per heavy atom. The molecule has 3 rings (SSSR count). The maximum Gasteiger partial charge on any atom is 0.339 e. The minimum Gasteiger partial charge on any atom is -0.478 e. The van der Waals surface area contributed by atoms with Crippen molar-refractivity contribution in [2.24, 2.45) is 0 Å². The largest absolute Gasteiger partial charge is 0.478 e. The van der Waals surface area contributed by atoms with Crippen LogP contribution in [0.4, 0.5) is 0 Å². The molecule has 21 heavy (non-hydrogen) atoms. The van der Waals surface area contributed by atoms with Gasteiger partial charge in [0.05, 0.1) is 6.26 Å². The molecule has 7 nitrogen and oxygen atoms in total. The number of aromatic nitrogens is 4. The fraction of sp³-hybridized carbons (Fsp3) is 0.143. The minimum atomic E-state index is -1.09. The summed E-state index contributed by atoms with van der Waals surface area (Å²) in [6, 6.07) is 5.16. The molecule has 3 aromatic rings. The summed E-state index contributed by atoms with van der Waals surface area (Å²) >= 11 is 0. The second-order valence-electron chi connectivity index (χ2n) is 4.57. The Hall–Kier alpha value is -2.96. The monoisotopic (exact) mass is 284 g/mol. The molecule has 0 aliphatic heterocycles. The molecule has 7 heteroatoms. The Balaban J connectivity index is 2.17. The smallest absolute Gasteiger partial charge is 0.339 e. The summed E-state index contributed by atoms with van der Waals surface area (Å²) in [5.41, 5.74) is 1.84. The van der Waals surface area contributed by atoms with Gasteiger partial charge in [-0.3, -0.25) is 0 Å². The number of nitrogens with zero attached hydrogens (tertiary/aromatic N) is 4. The molecule has 0 spiro atoms. The number of furan rings is 1. The Bertz CT molecular complexity index is 785. The van der Waals surface area contributed by atoms with Crippen molar-refractivity contribution in [3.63, 3.8) is 0 Å². The third-order valence-corrected chi connectivity index (χ3v) is 2.87. The van der Waals surface area contributed by atoms with Gasteiger partial charge in [-0.15, -0.1) is 0 Å². The molecule has 106 valence electrons. The van der Waals surface area contributed by atoms with Gasteiger partial charge in [0.1, 0.15) is 11.3 Å². The Labute approximate surface area is 119 Å². The molecular formula is C14H12N4O3. The molecule has 0 radical (unpaired) electrons. The van der Waals surface area contributed by atoms with E-state index in [0.717, 1.165) is 11.4 Å². The van der Waals surface area contributed by atoms with E-state index in [4.69, 9.17) is 4.42 Å². The highest BCUT2D eigenvalue weighted by Crippen LogP contribution is 2.23. The van der Waals surface area contributed by atoms with E-state index in [0.29, 0.717) is 11.7 Å². The molecule has 3 aromatic heterocycles. The molecule has 0 fully saturated rings. The Kier molecular flexibility index (Phi) is 3.02. The average molecular weight is 284 g/mol. The van der Waals surface area contributed by atoms with Gasteiger partial charge in [0, 0.05) is 17.6 Å². The van der Waals surface area contributed by atoms with E-state index >= 15 is 0 Å². The van der Waals surface area contributed by atoms with Gasteiger partial charge >= 0.3 is 5.97 Å². The number of carboxylic acids is 1. The van der Waals surface area contributed by atoms with Gasteiger partial charge in [0.15, 0.2) is 5.76 Å². The Morgan fingerprint density at radius 1 is 1.29 bits per heavy atom. The van der Waals surface area contributed by atoms with Crippen LogP contribution in [-0.4, -0.2) is 30.8 Å². The van der Waals surface area contributed by atoms with Crippen LogP contribution in [0.25, 0.3) is 17.4 Å². The van der Waals surface area contributed by atoms with Crippen LogP contribution in [-0.2, 0) is 0 Å². The van der Waals surface area contributed by atoms with Crippen molar-refractivity contribution in [3.05, 3.63) is 47.6 Å². The van der Waals surface area contributed by atoms with Crippen molar-refractivity contribution in [2.75, 3.05) is 0 Å². The van der Waals surface area contributed by atoms with Crippen LogP contribution < -0.4 is 0 Å². The second-order valence-corrected chi connectivity index (χ2v) is 4.57. The standard InChI is InChI=1S/C14H12N4O3/c1-8-6-9(2)16-14(15-8)18-7-10(13(19)20)12(17-18)11-4-3-5-21-11/h3-7H,1-2H3,(H,19,20). The quantitative estimate of drug-likeness (QED) is 0.792. The summed E-state index contributed by atoms with van der Waals surface area (Å²) in [6.07, 6.45) is 2.85. The van der Waals surface area contributed by atoms with Gasteiger partial charge in [-0.1, -0.05) is 0 Å². The molecule has 0 aliphatic carbocycles. The van der Waals surface area contributed by atoms with E-state index < -0.39 is 5.97 Å². The van der Waals surface area contributed by atoms with Gasteiger partial charge in [-0.05, 0) is 32.0 Å². The van der Waals surface area contributed by atoms with Crippen molar-refractivity contribution in [3.8, 4) is 17.4 Å². The van der Waals surface area contributed by atoms with Crippen LogP contribution >= 0.6 is 0 Å². The first-order valence-corrected chi connectivity index (χ1v) is 6.24. The average Bonchev–Trinajstić information content (AvgIpc) is 3.06. The molecule has 0 amide bonds. The summed E-state index contributed by atoms with van der Waals surface area (Å²) in [6.45, 7) is 3.68. The summed E-state index contributed by atoms with van der Waals surface area (Å²) in [5, 5.41) is 13.5. The van der Waals surface area contributed by atoms with E-state index in [1.54, 1.807) is 12.1 Å². The van der Waals surface area contributed by atoms with Crippen molar-refractivity contribution in [1.29, 1.82) is 0 Å². The van der Waals surface area contributed by atoms with E-state index in [9.17, 15) is 9.90 Å². The van der Waals surface area contributed by atoms with Crippen molar-refractivity contribution in [1.82, 2.24) is 19.7 Å². The normalized spacial score (nSPS) is 10.8. The van der Waals surface area contributed by atoms with Gasteiger partial charge in [0.25, 0.3) is 5.95 Å². The maximum absolute atomic E-state index is 11.4. The lowest BCUT2D eigenvalue weighted by molar-refractivity contribution is 0.0697. The van der Waals surface area contributed by atoms with Gasteiger partial charge < -0.3 is 9.52 Å². The molecule has 1 N–H and O–H groups in total. The van der Waals surface area contributed by atoms with Crippen LogP contribution in [0.1, 0.15) is 21.7 Å². The third kappa shape index (κ3) is 2.40. The summed E-state index contributed by atoms with van der Waals surface area (Å²) in [7, 11) is 0. The number of aromatic carboxylic acids is 1. The predicted molar refractivity (Wildman–Crippen MR) is 73.3 cm³/mol. The lowest BCUT2D eigenvalue weighted by Crippen LogP contribution is -2.04. The zero-order chi connectivity index (χ0) is 15.0. The molecule has 0 unspecified atom stereocenters. The summed E-state index contributed by atoms with van der Waals surface area (Å²) in [4.78, 5) is 19.9. The number of hydrogen-bond donors (Lipinski definition) is 1. The number of hydrogen-bond acceptors (Lipinski definition) is 5. The Morgan fingerprint density at radius 3 is 2.57 bits per heavy atom. The van der Waals surface area contributed by atoms with E-state index in [-0.39, 0.29) is 11.3 Å². The highest BCUT2D eigenvalue weighted by Gasteiger charge is 2.20. The fourth-order valence-electron chi connectivity index (χ4n) is 2.04. The maximum atomic E-state index is 11.4. The first-order chi connectivity index (χ1) is 10.0. The highest BCUT2D eigenvalue weighted by atomic mass is 16.4. The number of carbonyl (C=O) groups is 1. The van der Waals surface area contributed by atoms with Crippen molar-refractivity contribution < 1.29 is 14.3 Å². The molecule has 0 bridgehead atoms. The van der Waals surface area contributed by atoms with Crippen LogP contribution in [0.15, 0.2) is 35.1 Å². The molecule has 0 aliphatic rings.